The highest BCUT2D eigenvalue weighted by atomic mass is 19.4. The van der Waals surface area contributed by atoms with Gasteiger partial charge in [0.25, 0.3) is 0 Å². The molecule has 2 fully saturated rings. The van der Waals surface area contributed by atoms with Crippen LogP contribution < -0.4 is 4.90 Å². The van der Waals surface area contributed by atoms with E-state index in [1.165, 1.54) is 25.0 Å². The number of likely N-dealkylation sites (tertiary alicyclic amines) is 1. The topological polar surface area (TPSA) is 27.5 Å². The van der Waals surface area contributed by atoms with Gasteiger partial charge in [-0.15, -0.1) is 0 Å². The molecule has 0 radical (unpaired) electrons. The van der Waals surface area contributed by atoms with Gasteiger partial charge in [0, 0.05) is 63.4 Å². The SMILES string of the molecule is CCn1ccnc1CN1CCC[C@@H](N2CCN(c3cccc(C(F)(F)F)c3)CC2)C1. The van der Waals surface area contributed by atoms with Gasteiger partial charge in [-0.1, -0.05) is 6.07 Å². The number of piperazine rings is 1. The second-order valence-corrected chi connectivity index (χ2v) is 8.23. The van der Waals surface area contributed by atoms with Crippen molar-refractivity contribution in [2.24, 2.45) is 0 Å². The maximum Gasteiger partial charge on any atom is 0.416 e. The monoisotopic (exact) mass is 421 g/mol. The van der Waals surface area contributed by atoms with Crippen LogP contribution in [-0.2, 0) is 19.3 Å². The van der Waals surface area contributed by atoms with Gasteiger partial charge in [-0.25, -0.2) is 4.98 Å². The van der Waals surface area contributed by atoms with Crippen LogP contribution in [0.5, 0.6) is 0 Å². The molecule has 0 amide bonds. The second-order valence-electron chi connectivity index (χ2n) is 8.23. The summed E-state index contributed by atoms with van der Waals surface area (Å²) < 4.78 is 41.3. The van der Waals surface area contributed by atoms with Crippen molar-refractivity contribution in [3.63, 3.8) is 0 Å². The van der Waals surface area contributed by atoms with E-state index in [9.17, 15) is 13.2 Å². The van der Waals surface area contributed by atoms with Crippen molar-refractivity contribution in [2.45, 2.75) is 45.1 Å². The predicted molar refractivity (Wildman–Crippen MR) is 111 cm³/mol. The molecule has 0 saturated carbocycles. The molecule has 2 aromatic rings. The molecule has 0 unspecified atom stereocenters. The van der Waals surface area contributed by atoms with Crippen LogP contribution in [0.1, 0.15) is 31.2 Å². The van der Waals surface area contributed by atoms with E-state index >= 15 is 0 Å². The maximum absolute atomic E-state index is 13.0. The highest BCUT2D eigenvalue weighted by Crippen LogP contribution is 2.32. The first-order valence-electron chi connectivity index (χ1n) is 10.8. The number of piperidine rings is 1. The van der Waals surface area contributed by atoms with Gasteiger partial charge in [0.15, 0.2) is 0 Å². The zero-order valence-corrected chi connectivity index (χ0v) is 17.5. The molecule has 164 valence electrons. The molecule has 5 nitrogen and oxygen atoms in total. The summed E-state index contributed by atoms with van der Waals surface area (Å²) in [4.78, 5) is 11.6. The fourth-order valence-electron chi connectivity index (χ4n) is 4.68. The van der Waals surface area contributed by atoms with E-state index in [4.69, 9.17) is 0 Å². The Morgan fingerprint density at radius 1 is 1.10 bits per heavy atom. The van der Waals surface area contributed by atoms with Crippen LogP contribution in [0.3, 0.4) is 0 Å². The number of hydrogen-bond donors (Lipinski definition) is 0. The molecule has 0 bridgehead atoms. The van der Waals surface area contributed by atoms with Crippen LogP contribution in [0.4, 0.5) is 18.9 Å². The summed E-state index contributed by atoms with van der Waals surface area (Å²) in [6.45, 7) is 9.36. The summed E-state index contributed by atoms with van der Waals surface area (Å²) in [6, 6.07) is 6.20. The molecule has 0 N–H and O–H groups in total. The van der Waals surface area contributed by atoms with Crippen molar-refractivity contribution in [3.05, 3.63) is 48.0 Å². The predicted octanol–water partition coefficient (Wildman–Crippen LogP) is 3.71. The number of aryl methyl sites for hydroxylation is 1. The van der Waals surface area contributed by atoms with E-state index in [2.05, 4.69) is 31.2 Å². The molecule has 1 atom stereocenters. The molecule has 1 aromatic carbocycles. The average molecular weight is 422 g/mol. The van der Waals surface area contributed by atoms with Crippen LogP contribution in [-0.4, -0.2) is 64.7 Å². The number of aromatic nitrogens is 2. The maximum atomic E-state index is 13.0. The zero-order valence-electron chi connectivity index (χ0n) is 17.5. The molecule has 3 heterocycles. The van der Waals surface area contributed by atoms with Gasteiger partial charge in [0.05, 0.1) is 12.1 Å². The van der Waals surface area contributed by atoms with Gasteiger partial charge in [-0.3, -0.25) is 9.80 Å². The number of benzene rings is 1. The van der Waals surface area contributed by atoms with Crippen LogP contribution in [0.25, 0.3) is 0 Å². The third kappa shape index (κ3) is 4.81. The molecule has 30 heavy (non-hydrogen) atoms. The lowest BCUT2D eigenvalue weighted by Crippen LogP contribution is -2.55. The Kier molecular flexibility index (Phi) is 6.34. The Labute approximate surface area is 176 Å². The minimum atomic E-state index is -4.30. The van der Waals surface area contributed by atoms with E-state index in [0.717, 1.165) is 64.2 Å². The van der Waals surface area contributed by atoms with Crippen LogP contribution in [0, 0.1) is 0 Å². The number of halogens is 3. The molecule has 0 spiro atoms. The van der Waals surface area contributed by atoms with Crippen molar-refractivity contribution in [3.8, 4) is 0 Å². The van der Waals surface area contributed by atoms with Gasteiger partial charge in [-0.05, 0) is 44.5 Å². The molecular weight excluding hydrogens is 391 g/mol. The van der Waals surface area contributed by atoms with Crippen LogP contribution in [0.2, 0.25) is 0 Å². The number of alkyl halides is 3. The van der Waals surface area contributed by atoms with Crippen molar-refractivity contribution in [1.29, 1.82) is 0 Å². The summed E-state index contributed by atoms with van der Waals surface area (Å²) in [7, 11) is 0. The van der Waals surface area contributed by atoms with E-state index in [1.807, 2.05) is 12.4 Å². The van der Waals surface area contributed by atoms with Crippen molar-refractivity contribution < 1.29 is 13.2 Å². The van der Waals surface area contributed by atoms with Gasteiger partial charge >= 0.3 is 6.18 Å². The molecule has 2 aliphatic heterocycles. The largest absolute Gasteiger partial charge is 0.416 e. The van der Waals surface area contributed by atoms with Gasteiger partial charge in [0.1, 0.15) is 5.82 Å². The number of anilines is 1. The smallest absolute Gasteiger partial charge is 0.369 e. The number of rotatable bonds is 5. The second kappa shape index (κ2) is 8.98. The minimum Gasteiger partial charge on any atom is -0.369 e. The first-order chi connectivity index (χ1) is 14.4. The van der Waals surface area contributed by atoms with Crippen molar-refractivity contribution >= 4 is 5.69 Å². The summed E-state index contributed by atoms with van der Waals surface area (Å²) in [5.74, 6) is 1.12. The van der Waals surface area contributed by atoms with Crippen molar-refractivity contribution in [2.75, 3.05) is 44.2 Å². The molecule has 2 saturated heterocycles. The average Bonchev–Trinajstić information content (AvgIpc) is 3.21. The standard InChI is InChI=1S/C22H30F3N5/c1-2-28-10-8-26-21(28)17-27-9-4-7-20(16-27)30-13-11-29(12-14-30)19-6-3-5-18(15-19)22(23,24)25/h3,5-6,8,10,15,20H,2,4,7,9,11-14,16-17H2,1H3/t20-/m1/s1. The highest BCUT2D eigenvalue weighted by Gasteiger charge is 2.32. The van der Waals surface area contributed by atoms with Gasteiger partial charge < -0.3 is 9.47 Å². The Morgan fingerprint density at radius 2 is 1.90 bits per heavy atom. The Hall–Kier alpha value is -2.06. The molecular formula is C22H30F3N5. The summed E-state index contributed by atoms with van der Waals surface area (Å²) >= 11 is 0. The van der Waals surface area contributed by atoms with Gasteiger partial charge in [0.2, 0.25) is 0 Å². The highest BCUT2D eigenvalue weighted by molar-refractivity contribution is 5.49. The Morgan fingerprint density at radius 3 is 2.63 bits per heavy atom. The quantitative estimate of drug-likeness (QED) is 0.736. The summed E-state index contributed by atoms with van der Waals surface area (Å²) in [5, 5.41) is 0. The third-order valence-corrected chi connectivity index (χ3v) is 6.36. The first kappa shape index (κ1) is 21.2. The van der Waals surface area contributed by atoms with E-state index in [-0.39, 0.29) is 0 Å². The Balaban J connectivity index is 1.33. The van der Waals surface area contributed by atoms with E-state index in [1.54, 1.807) is 6.07 Å². The van der Waals surface area contributed by atoms with Crippen molar-refractivity contribution in [1.82, 2.24) is 19.4 Å². The first-order valence-corrected chi connectivity index (χ1v) is 10.8. The minimum absolute atomic E-state index is 0.507. The van der Waals surface area contributed by atoms with Crippen LogP contribution in [0.15, 0.2) is 36.7 Å². The Bertz CT molecular complexity index is 826. The fourth-order valence-corrected chi connectivity index (χ4v) is 4.68. The molecule has 8 heteroatoms. The zero-order chi connectivity index (χ0) is 21.1. The number of nitrogens with zero attached hydrogens (tertiary/aromatic N) is 5. The molecule has 1 aromatic heterocycles. The summed E-state index contributed by atoms with van der Waals surface area (Å²) in [6.07, 6.45) is 1.96. The lowest BCUT2D eigenvalue weighted by Gasteiger charge is -2.44. The molecule has 2 aliphatic rings. The fraction of sp³-hybridized carbons (Fsp3) is 0.591. The molecule has 0 aliphatic carbocycles. The van der Waals surface area contributed by atoms with Gasteiger partial charge in [-0.2, -0.15) is 13.2 Å². The third-order valence-electron chi connectivity index (χ3n) is 6.36. The van der Waals surface area contributed by atoms with E-state index in [0.29, 0.717) is 11.7 Å². The lowest BCUT2D eigenvalue weighted by molar-refractivity contribution is -0.137. The number of imidazole rings is 1. The summed E-state index contributed by atoms with van der Waals surface area (Å²) in [5.41, 5.74) is 0.0944. The van der Waals surface area contributed by atoms with Crippen LogP contribution >= 0.6 is 0 Å². The van der Waals surface area contributed by atoms with E-state index < -0.39 is 11.7 Å². The lowest BCUT2D eigenvalue weighted by atomic mass is 10.0. The normalized spacial score (nSPS) is 21.9. The molecule has 4 rings (SSSR count). The number of hydrogen-bond acceptors (Lipinski definition) is 4.